The Morgan fingerprint density at radius 2 is 2.00 bits per heavy atom. The first-order valence-corrected chi connectivity index (χ1v) is 6.51. The van der Waals surface area contributed by atoms with Crippen molar-refractivity contribution in [1.82, 2.24) is 5.32 Å². The maximum Gasteiger partial charge on any atom is 0.253 e. The number of methoxy groups -OCH3 is 1. The molecule has 0 aromatic heterocycles. The highest BCUT2D eigenvalue weighted by Gasteiger charge is 2.15. The molecule has 21 heavy (non-hydrogen) atoms. The third kappa shape index (κ3) is 3.31. The summed E-state index contributed by atoms with van der Waals surface area (Å²) >= 11 is 0. The molecule has 0 fully saturated rings. The van der Waals surface area contributed by atoms with Crippen LogP contribution in [0.4, 0.5) is 10.1 Å². The monoisotopic (exact) mass is 288 g/mol. The van der Waals surface area contributed by atoms with Crippen LogP contribution in [0.1, 0.15) is 28.9 Å². The van der Waals surface area contributed by atoms with E-state index in [0.29, 0.717) is 16.8 Å². The Morgan fingerprint density at radius 1 is 1.29 bits per heavy atom. The van der Waals surface area contributed by atoms with Gasteiger partial charge >= 0.3 is 0 Å². The molecule has 0 radical (unpaired) electrons. The van der Waals surface area contributed by atoms with E-state index in [9.17, 15) is 9.18 Å². The molecular formula is C16H17FN2O2. The van der Waals surface area contributed by atoms with Gasteiger partial charge in [-0.05, 0) is 36.8 Å². The molecule has 1 amide bonds. The maximum absolute atomic E-state index is 13.7. The van der Waals surface area contributed by atoms with Gasteiger partial charge in [0, 0.05) is 5.69 Å². The summed E-state index contributed by atoms with van der Waals surface area (Å²) in [6, 6.07) is 11.0. The maximum atomic E-state index is 13.7. The number of hydrogen-bond donors (Lipinski definition) is 2. The minimum atomic E-state index is -0.463. The zero-order valence-corrected chi connectivity index (χ0v) is 11.9. The van der Waals surface area contributed by atoms with Gasteiger partial charge in [0.15, 0.2) is 11.6 Å². The second kappa shape index (κ2) is 6.26. The molecule has 0 heterocycles. The first-order valence-electron chi connectivity index (χ1n) is 6.51. The van der Waals surface area contributed by atoms with Gasteiger partial charge in [0.05, 0.1) is 18.7 Å². The van der Waals surface area contributed by atoms with Gasteiger partial charge in [0.25, 0.3) is 5.91 Å². The molecule has 4 nitrogen and oxygen atoms in total. The summed E-state index contributed by atoms with van der Waals surface area (Å²) in [7, 11) is 1.40. The van der Waals surface area contributed by atoms with Crippen molar-refractivity contribution in [1.29, 1.82) is 0 Å². The predicted molar refractivity (Wildman–Crippen MR) is 79.7 cm³/mol. The van der Waals surface area contributed by atoms with Crippen molar-refractivity contribution < 1.29 is 13.9 Å². The Hall–Kier alpha value is -2.56. The van der Waals surface area contributed by atoms with E-state index in [1.165, 1.54) is 19.2 Å². The van der Waals surface area contributed by atoms with Crippen LogP contribution >= 0.6 is 0 Å². The summed E-state index contributed by atoms with van der Waals surface area (Å²) in [4.78, 5) is 12.1. The van der Waals surface area contributed by atoms with Gasteiger partial charge in [-0.15, -0.1) is 0 Å². The molecule has 0 aliphatic carbocycles. The molecule has 110 valence electrons. The van der Waals surface area contributed by atoms with Gasteiger partial charge in [-0.25, -0.2) is 4.39 Å². The van der Waals surface area contributed by atoms with Crippen LogP contribution in [0, 0.1) is 5.82 Å². The number of benzene rings is 2. The van der Waals surface area contributed by atoms with Gasteiger partial charge < -0.3 is 15.8 Å². The number of nitrogens with two attached hydrogens (primary N) is 1. The van der Waals surface area contributed by atoms with Crippen LogP contribution in [0.25, 0.3) is 0 Å². The summed E-state index contributed by atoms with van der Waals surface area (Å²) in [6.07, 6.45) is 0. The van der Waals surface area contributed by atoms with E-state index in [2.05, 4.69) is 5.32 Å². The van der Waals surface area contributed by atoms with E-state index in [0.717, 1.165) is 0 Å². The number of para-hydroxylation sites is 1. The van der Waals surface area contributed by atoms with Crippen LogP contribution in [0.5, 0.6) is 5.75 Å². The summed E-state index contributed by atoms with van der Waals surface area (Å²) in [5, 5.41) is 2.79. The predicted octanol–water partition coefficient (Wildman–Crippen LogP) is 2.91. The van der Waals surface area contributed by atoms with E-state index in [1.807, 2.05) is 0 Å². The molecule has 2 rings (SSSR count). The van der Waals surface area contributed by atoms with Crippen molar-refractivity contribution in [3.8, 4) is 5.75 Å². The third-order valence-electron chi connectivity index (χ3n) is 3.23. The molecule has 5 heteroatoms. The lowest BCUT2D eigenvalue weighted by Gasteiger charge is -2.16. The summed E-state index contributed by atoms with van der Waals surface area (Å²) in [5.74, 6) is -0.586. The fourth-order valence-electron chi connectivity index (χ4n) is 2.01. The molecule has 2 aromatic carbocycles. The van der Waals surface area contributed by atoms with Crippen LogP contribution in [-0.4, -0.2) is 13.0 Å². The fourth-order valence-corrected chi connectivity index (χ4v) is 2.01. The van der Waals surface area contributed by atoms with Crippen LogP contribution in [-0.2, 0) is 0 Å². The van der Waals surface area contributed by atoms with Crippen molar-refractivity contribution in [3.05, 3.63) is 59.4 Å². The standard InChI is InChI=1S/C16H17FN2O2/c1-10(11-7-8-15(21-2)13(17)9-11)19-16(20)12-5-3-4-6-14(12)18/h3-10H,18H2,1-2H3,(H,19,20). The molecule has 3 N–H and O–H groups in total. The molecule has 0 bridgehead atoms. The quantitative estimate of drug-likeness (QED) is 0.850. The molecule has 0 spiro atoms. The Kier molecular flexibility index (Phi) is 4.42. The number of ether oxygens (including phenoxy) is 1. The van der Waals surface area contributed by atoms with E-state index in [-0.39, 0.29) is 17.7 Å². The van der Waals surface area contributed by atoms with Crippen molar-refractivity contribution in [2.75, 3.05) is 12.8 Å². The number of nitrogen functional groups attached to an aromatic ring is 1. The van der Waals surface area contributed by atoms with E-state index in [1.54, 1.807) is 37.3 Å². The molecule has 0 saturated carbocycles. The SMILES string of the molecule is COc1ccc(C(C)NC(=O)c2ccccc2N)cc1F. The lowest BCUT2D eigenvalue weighted by atomic mass is 10.1. The van der Waals surface area contributed by atoms with Gasteiger partial charge in [0.1, 0.15) is 0 Å². The number of carbonyl (C=O) groups excluding carboxylic acids is 1. The highest BCUT2D eigenvalue weighted by atomic mass is 19.1. The van der Waals surface area contributed by atoms with Crippen molar-refractivity contribution in [3.63, 3.8) is 0 Å². The van der Waals surface area contributed by atoms with E-state index in [4.69, 9.17) is 10.5 Å². The summed E-state index contributed by atoms with van der Waals surface area (Å²) in [6.45, 7) is 1.78. The number of hydrogen-bond acceptors (Lipinski definition) is 3. The molecular weight excluding hydrogens is 271 g/mol. The molecule has 0 aliphatic heterocycles. The van der Waals surface area contributed by atoms with E-state index < -0.39 is 5.82 Å². The number of anilines is 1. The average Bonchev–Trinajstić information content (AvgIpc) is 2.47. The zero-order chi connectivity index (χ0) is 15.4. The minimum Gasteiger partial charge on any atom is -0.494 e. The first-order chi connectivity index (χ1) is 10.0. The number of nitrogens with one attached hydrogen (secondary N) is 1. The van der Waals surface area contributed by atoms with Crippen molar-refractivity contribution in [2.45, 2.75) is 13.0 Å². The molecule has 0 saturated heterocycles. The van der Waals surface area contributed by atoms with Gasteiger partial charge in [-0.3, -0.25) is 4.79 Å². The second-order valence-corrected chi connectivity index (χ2v) is 4.68. The highest BCUT2D eigenvalue weighted by Crippen LogP contribution is 2.22. The van der Waals surface area contributed by atoms with Gasteiger partial charge in [-0.1, -0.05) is 18.2 Å². The molecule has 2 aromatic rings. The molecule has 1 atom stereocenters. The number of amides is 1. The lowest BCUT2D eigenvalue weighted by Crippen LogP contribution is -2.27. The molecule has 1 unspecified atom stereocenters. The Labute approximate surface area is 122 Å². The number of carbonyl (C=O) groups is 1. The normalized spacial score (nSPS) is 11.8. The number of rotatable bonds is 4. The fraction of sp³-hybridized carbons (Fsp3) is 0.188. The Morgan fingerprint density at radius 3 is 2.62 bits per heavy atom. The van der Waals surface area contributed by atoms with Gasteiger partial charge in [-0.2, -0.15) is 0 Å². The van der Waals surface area contributed by atoms with Crippen molar-refractivity contribution >= 4 is 11.6 Å². The summed E-state index contributed by atoms with van der Waals surface area (Å²) < 4.78 is 18.5. The summed E-state index contributed by atoms with van der Waals surface area (Å²) in [5.41, 5.74) is 7.22. The van der Waals surface area contributed by atoms with Crippen molar-refractivity contribution in [2.24, 2.45) is 0 Å². The Balaban J connectivity index is 2.14. The second-order valence-electron chi connectivity index (χ2n) is 4.68. The van der Waals surface area contributed by atoms with Crippen LogP contribution < -0.4 is 15.8 Å². The smallest absolute Gasteiger partial charge is 0.253 e. The van der Waals surface area contributed by atoms with Gasteiger partial charge in [0.2, 0.25) is 0 Å². The first kappa shape index (κ1) is 14.8. The largest absolute Gasteiger partial charge is 0.494 e. The minimum absolute atomic E-state index is 0.171. The van der Waals surface area contributed by atoms with Crippen LogP contribution in [0.3, 0.4) is 0 Å². The van der Waals surface area contributed by atoms with Crippen LogP contribution in [0.15, 0.2) is 42.5 Å². The molecule has 0 aliphatic rings. The average molecular weight is 288 g/mol. The van der Waals surface area contributed by atoms with E-state index >= 15 is 0 Å². The van der Waals surface area contributed by atoms with Crippen LogP contribution in [0.2, 0.25) is 0 Å². The lowest BCUT2D eigenvalue weighted by molar-refractivity contribution is 0.0940. The third-order valence-corrected chi connectivity index (χ3v) is 3.23. The highest BCUT2D eigenvalue weighted by molar-refractivity contribution is 5.99. The Bertz CT molecular complexity index is 658. The zero-order valence-electron chi connectivity index (χ0n) is 11.9. The number of halogens is 1. The topological polar surface area (TPSA) is 64.3 Å².